The maximum Gasteiger partial charge on any atom is 0.0713 e. The molecule has 2 fully saturated rings. The number of methoxy groups -OCH3 is 1. The maximum atomic E-state index is 6.30. The van der Waals surface area contributed by atoms with Gasteiger partial charge in [0.2, 0.25) is 0 Å². The van der Waals surface area contributed by atoms with Gasteiger partial charge >= 0.3 is 0 Å². The number of benzene rings is 1. The fourth-order valence-corrected chi connectivity index (χ4v) is 3.98. The highest BCUT2D eigenvalue weighted by Crippen LogP contribution is 2.36. The highest BCUT2D eigenvalue weighted by atomic mass is 16.5. The predicted octanol–water partition coefficient (Wildman–Crippen LogP) is 2.39. The van der Waals surface area contributed by atoms with Crippen molar-refractivity contribution < 1.29 is 4.74 Å². The van der Waals surface area contributed by atoms with Gasteiger partial charge in [0.1, 0.15) is 0 Å². The van der Waals surface area contributed by atoms with Gasteiger partial charge in [-0.1, -0.05) is 30.7 Å². The molecule has 1 aromatic rings. The lowest BCUT2D eigenvalue weighted by molar-refractivity contribution is 0.184. The first kappa shape index (κ1) is 14.1. The van der Waals surface area contributed by atoms with Crippen LogP contribution in [0.15, 0.2) is 24.3 Å². The van der Waals surface area contributed by atoms with E-state index in [1.54, 1.807) is 7.11 Å². The van der Waals surface area contributed by atoms with Gasteiger partial charge in [-0.05, 0) is 35.8 Å². The van der Waals surface area contributed by atoms with Gasteiger partial charge in [-0.25, -0.2) is 0 Å². The predicted molar refractivity (Wildman–Crippen MR) is 81.2 cm³/mol. The van der Waals surface area contributed by atoms with E-state index < -0.39 is 0 Å². The van der Waals surface area contributed by atoms with Crippen LogP contribution in [0.5, 0.6) is 0 Å². The van der Waals surface area contributed by atoms with Crippen molar-refractivity contribution in [3.05, 3.63) is 35.4 Å². The number of rotatable bonds is 4. The Hall–Kier alpha value is -0.900. The van der Waals surface area contributed by atoms with Crippen molar-refractivity contribution in [3.63, 3.8) is 0 Å². The van der Waals surface area contributed by atoms with Crippen molar-refractivity contribution in [1.82, 2.24) is 4.90 Å². The van der Waals surface area contributed by atoms with E-state index in [9.17, 15) is 0 Å². The summed E-state index contributed by atoms with van der Waals surface area (Å²) in [6.45, 7) is 4.16. The lowest BCUT2D eigenvalue weighted by atomic mass is 9.78. The third kappa shape index (κ3) is 3.05. The normalized spacial score (nSPS) is 30.4. The second-order valence-corrected chi connectivity index (χ2v) is 6.47. The van der Waals surface area contributed by atoms with Crippen LogP contribution >= 0.6 is 0 Å². The topological polar surface area (TPSA) is 38.5 Å². The van der Waals surface area contributed by atoms with E-state index in [1.807, 2.05) is 0 Å². The van der Waals surface area contributed by atoms with E-state index in [0.717, 1.165) is 18.4 Å². The Balaban J connectivity index is 1.62. The van der Waals surface area contributed by atoms with Gasteiger partial charge in [-0.2, -0.15) is 0 Å². The van der Waals surface area contributed by atoms with E-state index in [2.05, 4.69) is 29.2 Å². The molecule has 1 aliphatic carbocycles. The van der Waals surface area contributed by atoms with Gasteiger partial charge in [0.05, 0.1) is 6.61 Å². The third-order valence-corrected chi connectivity index (χ3v) is 4.94. The van der Waals surface area contributed by atoms with Crippen LogP contribution < -0.4 is 5.73 Å². The molecule has 1 saturated carbocycles. The van der Waals surface area contributed by atoms with Gasteiger partial charge in [0.15, 0.2) is 0 Å². The van der Waals surface area contributed by atoms with Crippen LogP contribution in [0, 0.1) is 11.8 Å². The number of nitrogens with two attached hydrogens (primary N) is 1. The number of hydrogen-bond donors (Lipinski definition) is 1. The van der Waals surface area contributed by atoms with Gasteiger partial charge in [-0.15, -0.1) is 0 Å². The van der Waals surface area contributed by atoms with Crippen LogP contribution in [0.1, 0.15) is 30.4 Å². The molecular formula is C17H26N2O. The molecule has 0 bridgehead atoms. The van der Waals surface area contributed by atoms with Gasteiger partial charge in [-0.3, -0.25) is 4.90 Å². The Morgan fingerprint density at radius 3 is 2.90 bits per heavy atom. The molecule has 0 radical (unpaired) electrons. The second-order valence-electron chi connectivity index (χ2n) is 6.47. The van der Waals surface area contributed by atoms with Gasteiger partial charge in [0.25, 0.3) is 0 Å². The van der Waals surface area contributed by atoms with Crippen molar-refractivity contribution in [2.24, 2.45) is 17.6 Å². The Labute approximate surface area is 122 Å². The molecule has 3 atom stereocenters. The molecule has 2 aliphatic rings. The Morgan fingerprint density at radius 1 is 1.25 bits per heavy atom. The zero-order chi connectivity index (χ0) is 13.9. The van der Waals surface area contributed by atoms with Crippen LogP contribution in [0.2, 0.25) is 0 Å². The zero-order valence-corrected chi connectivity index (χ0v) is 12.4. The van der Waals surface area contributed by atoms with Crippen molar-refractivity contribution in [2.75, 3.05) is 20.2 Å². The van der Waals surface area contributed by atoms with Crippen LogP contribution in [-0.4, -0.2) is 31.1 Å². The molecule has 0 amide bonds. The molecule has 2 N–H and O–H groups in total. The van der Waals surface area contributed by atoms with Gasteiger partial charge < -0.3 is 10.5 Å². The summed E-state index contributed by atoms with van der Waals surface area (Å²) in [6.07, 6.45) is 3.91. The summed E-state index contributed by atoms with van der Waals surface area (Å²) < 4.78 is 5.21. The number of nitrogens with zero attached hydrogens (tertiary/aromatic N) is 1. The molecular weight excluding hydrogens is 248 g/mol. The van der Waals surface area contributed by atoms with Crippen LogP contribution in [0.3, 0.4) is 0 Å². The van der Waals surface area contributed by atoms with E-state index in [-0.39, 0.29) is 0 Å². The van der Waals surface area contributed by atoms with Crippen molar-refractivity contribution in [1.29, 1.82) is 0 Å². The summed E-state index contributed by atoms with van der Waals surface area (Å²) in [5, 5.41) is 0. The smallest absolute Gasteiger partial charge is 0.0713 e. The SMILES string of the molecule is COCc1cccc(CN2CC3CCCC(N)C3C2)c1. The fraction of sp³-hybridized carbons (Fsp3) is 0.647. The summed E-state index contributed by atoms with van der Waals surface area (Å²) in [4.78, 5) is 2.59. The molecule has 1 saturated heterocycles. The minimum absolute atomic E-state index is 0.429. The second kappa shape index (κ2) is 6.25. The van der Waals surface area contributed by atoms with Crippen molar-refractivity contribution in [3.8, 4) is 0 Å². The first-order valence-corrected chi connectivity index (χ1v) is 7.81. The van der Waals surface area contributed by atoms with Crippen LogP contribution in [0.4, 0.5) is 0 Å². The summed E-state index contributed by atoms with van der Waals surface area (Å²) in [5.41, 5.74) is 8.95. The quantitative estimate of drug-likeness (QED) is 0.916. The molecule has 1 heterocycles. The first-order valence-electron chi connectivity index (χ1n) is 7.81. The number of ether oxygens (including phenoxy) is 1. The molecule has 3 heteroatoms. The van der Waals surface area contributed by atoms with E-state index >= 15 is 0 Å². The molecule has 0 aromatic heterocycles. The molecule has 20 heavy (non-hydrogen) atoms. The largest absolute Gasteiger partial charge is 0.380 e. The highest BCUT2D eigenvalue weighted by Gasteiger charge is 2.38. The maximum absolute atomic E-state index is 6.30. The average Bonchev–Trinajstić information content (AvgIpc) is 2.83. The first-order chi connectivity index (χ1) is 9.76. The zero-order valence-electron chi connectivity index (χ0n) is 12.4. The standard InChI is InChI=1S/C17H26N2O/c1-20-12-14-5-2-4-13(8-14)9-19-10-15-6-3-7-17(18)16(15)11-19/h2,4-5,8,15-17H,3,6-7,9-12,18H2,1H3. The number of hydrogen-bond acceptors (Lipinski definition) is 3. The molecule has 3 rings (SSSR count). The minimum Gasteiger partial charge on any atom is -0.380 e. The Morgan fingerprint density at radius 2 is 2.10 bits per heavy atom. The monoisotopic (exact) mass is 274 g/mol. The lowest BCUT2D eigenvalue weighted by Crippen LogP contribution is -2.38. The van der Waals surface area contributed by atoms with Crippen LogP contribution in [-0.2, 0) is 17.9 Å². The Kier molecular flexibility index (Phi) is 4.39. The van der Waals surface area contributed by atoms with Crippen molar-refractivity contribution in [2.45, 2.75) is 38.5 Å². The van der Waals surface area contributed by atoms with Crippen molar-refractivity contribution >= 4 is 0 Å². The number of likely N-dealkylation sites (tertiary alicyclic amines) is 1. The van der Waals surface area contributed by atoms with E-state index in [4.69, 9.17) is 10.5 Å². The summed E-state index contributed by atoms with van der Waals surface area (Å²) >= 11 is 0. The molecule has 3 unspecified atom stereocenters. The molecule has 0 spiro atoms. The van der Waals surface area contributed by atoms with Crippen LogP contribution in [0.25, 0.3) is 0 Å². The van der Waals surface area contributed by atoms with E-state index in [1.165, 1.54) is 43.5 Å². The summed E-state index contributed by atoms with van der Waals surface area (Å²) in [7, 11) is 1.75. The summed E-state index contributed by atoms with van der Waals surface area (Å²) in [5.74, 6) is 1.56. The average molecular weight is 274 g/mol. The highest BCUT2D eigenvalue weighted by molar-refractivity contribution is 5.23. The lowest BCUT2D eigenvalue weighted by Gasteiger charge is -2.29. The molecule has 110 valence electrons. The van der Waals surface area contributed by atoms with Gasteiger partial charge in [0, 0.05) is 32.8 Å². The molecule has 3 nitrogen and oxygen atoms in total. The fourth-order valence-electron chi connectivity index (χ4n) is 3.98. The van der Waals surface area contributed by atoms with E-state index in [0.29, 0.717) is 12.6 Å². The molecule has 1 aliphatic heterocycles. The minimum atomic E-state index is 0.429. The number of fused-ring (bicyclic) bond motifs is 1. The summed E-state index contributed by atoms with van der Waals surface area (Å²) in [6, 6.07) is 9.19. The third-order valence-electron chi connectivity index (χ3n) is 4.94. The molecule has 1 aromatic carbocycles. The Bertz CT molecular complexity index is 448.